The first-order valence-electron chi connectivity index (χ1n) is 8.10. The number of hydrogen-bond donors (Lipinski definition) is 2. The Kier molecular flexibility index (Phi) is 5.11. The van der Waals surface area contributed by atoms with Crippen molar-refractivity contribution in [2.45, 2.75) is 24.8 Å². The van der Waals surface area contributed by atoms with Gasteiger partial charge in [0.15, 0.2) is 0 Å². The van der Waals surface area contributed by atoms with E-state index in [9.17, 15) is 4.39 Å². The van der Waals surface area contributed by atoms with Crippen LogP contribution >= 0.6 is 11.9 Å². The number of nitrogens with two attached hydrogens (primary N) is 1. The molecule has 0 aliphatic carbocycles. The molecule has 2 aromatic carbocycles. The highest BCUT2D eigenvalue weighted by Gasteiger charge is 2.27. The van der Waals surface area contributed by atoms with Gasteiger partial charge in [0.05, 0.1) is 0 Å². The van der Waals surface area contributed by atoms with Crippen LogP contribution in [0, 0.1) is 5.82 Å². The molecule has 0 saturated heterocycles. The molecule has 1 aromatic heterocycles. The van der Waals surface area contributed by atoms with Crippen molar-refractivity contribution in [1.82, 2.24) is 9.29 Å². The van der Waals surface area contributed by atoms with Crippen molar-refractivity contribution in [3.63, 3.8) is 0 Å². The minimum Gasteiger partial charge on any atom is -0.372 e. The van der Waals surface area contributed by atoms with Crippen LogP contribution in [0.5, 0.6) is 0 Å². The molecule has 3 N–H and O–H groups in total. The number of amides is 1. The standard InChI is InChI=1S/C18H17FN2S.CH3NO/c1-3-21-11(2)15-8-12(4-7-18(15)22-21)16-10-20-17-9-13(19)5-6-14(16)17;2-1-3/h4-11,20H,3H2,1-2H3;1H,(H2,2,3). The average molecular weight is 357 g/mol. The van der Waals surface area contributed by atoms with E-state index in [-0.39, 0.29) is 12.2 Å². The van der Waals surface area contributed by atoms with E-state index in [0.29, 0.717) is 6.04 Å². The third kappa shape index (κ3) is 3.27. The van der Waals surface area contributed by atoms with Crippen LogP contribution in [0.4, 0.5) is 4.39 Å². The minimum atomic E-state index is -0.210. The maximum Gasteiger partial charge on any atom is 0.204 e. The fraction of sp³-hybridized carbons (Fsp3) is 0.211. The number of aromatic nitrogens is 1. The van der Waals surface area contributed by atoms with Crippen molar-refractivity contribution >= 4 is 29.3 Å². The van der Waals surface area contributed by atoms with Crippen LogP contribution in [0.15, 0.2) is 47.5 Å². The second kappa shape index (κ2) is 7.29. The molecule has 25 heavy (non-hydrogen) atoms. The topological polar surface area (TPSA) is 62.1 Å². The number of hydrogen-bond acceptors (Lipinski definition) is 3. The van der Waals surface area contributed by atoms with Crippen molar-refractivity contribution in [2.75, 3.05) is 6.54 Å². The van der Waals surface area contributed by atoms with Gasteiger partial charge in [0.1, 0.15) is 5.82 Å². The Bertz CT molecular complexity index is 909. The summed E-state index contributed by atoms with van der Waals surface area (Å²) in [6.07, 6.45) is 2.22. The van der Waals surface area contributed by atoms with Crippen LogP contribution in [0.2, 0.25) is 0 Å². The zero-order valence-electron chi connectivity index (χ0n) is 14.1. The van der Waals surface area contributed by atoms with Crippen LogP contribution in [0.1, 0.15) is 25.5 Å². The molecule has 130 valence electrons. The molecular formula is C19H20FN3OS. The number of nitrogens with one attached hydrogen (secondary N) is 1. The molecule has 0 bridgehead atoms. The predicted molar refractivity (Wildman–Crippen MR) is 101 cm³/mol. The van der Waals surface area contributed by atoms with Crippen molar-refractivity contribution < 1.29 is 9.18 Å². The maximum absolute atomic E-state index is 13.3. The zero-order valence-corrected chi connectivity index (χ0v) is 14.9. The molecule has 4 rings (SSSR count). The number of carbonyl (C=O) groups excluding carboxylic acids is 1. The van der Waals surface area contributed by atoms with Gasteiger partial charge in [0, 0.05) is 40.1 Å². The van der Waals surface area contributed by atoms with Crippen molar-refractivity contribution in [1.29, 1.82) is 0 Å². The molecule has 6 heteroatoms. The van der Waals surface area contributed by atoms with Gasteiger partial charge >= 0.3 is 0 Å². The molecule has 1 amide bonds. The van der Waals surface area contributed by atoms with Gasteiger partial charge in [-0.3, -0.25) is 4.79 Å². The van der Waals surface area contributed by atoms with Gasteiger partial charge in [-0.05, 0) is 60.3 Å². The number of halogens is 1. The number of primary amides is 1. The highest BCUT2D eigenvalue weighted by Crippen LogP contribution is 2.45. The smallest absolute Gasteiger partial charge is 0.204 e. The quantitative estimate of drug-likeness (QED) is 0.525. The molecule has 1 aliphatic rings. The largest absolute Gasteiger partial charge is 0.372 e. The van der Waals surface area contributed by atoms with E-state index in [1.807, 2.05) is 24.2 Å². The molecule has 0 radical (unpaired) electrons. The first-order valence-corrected chi connectivity index (χ1v) is 8.87. The van der Waals surface area contributed by atoms with Crippen LogP contribution in [0.25, 0.3) is 22.0 Å². The van der Waals surface area contributed by atoms with E-state index in [4.69, 9.17) is 4.79 Å². The van der Waals surface area contributed by atoms with Crippen molar-refractivity contribution in [3.8, 4) is 11.1 Å². The number of H-pyrrole nitrogens is 1. The monoisotopic (exact) mass is 357 g/mol. The molecule has 1 unspecified atom stereocenters. The van der Waals surface area contributed by atoms with Gasteiger partial charge in [-0.25, -0.2) is 8.70 Å². The number of nitrogens with zero attached hydrogens (tertiary/aromatic N) is 1. The summed E-state index contributed by atoms with van der Waals surface area (Å²) in [5, 5.41) is 1.06. The van der Waals surface area contributed by atoms with Gasteiger partial charge in [-0.1, -0.05) is 13.0 Å². The highest BCUT2D eigenvalue weighted by molar-refractivity contribution is 7.97. The summed E-state index contributed by atoms with van der Waals surface area (Å²) in [6, 6.07) is 12.0. The lowest BCUT2D eigenvalue weighted by Crippen LogP contribution is -2.13. The van der Waals surface area contributed by atoms with Crippen LogP contribution < -0.4 is 5.73 Å². The number of rotatable bonds is 2. The average Bonchev–Trinajstić information content (AvgIpc) is 3.16. The lowest BCUT2D eigenvalue weighted by Gasteiger charge is -2.17. The van der Waals surface area contributed by atoms with Gasteiger partial charge in [0.2, 0.25) is 6.41 Å². The zero-order chi connectivity index (χ0) is 18.0. The fourth-order valence-electron chi connectivity index (χ4n) is 3.16. The van der Waals surface area contributed by atoms with E-state index >= 15 is 0 Å². The normalized spacial score (nSPS) is 16.4. The third-order valence-electron chi connectivity index (χ3n) is 4.37. The summed E-state index contributed by atoms with van der Waals surface area (Å²) >= 11 is 1.83. The predicted octanol–water partition coefficient (Wildman–Crippen LogP) is 4.48. The Labute approximate surface area is 150 Å². The van der Waals surface area contributed by atoms with Gasteiger partial charge < -0.3 is 10.7 Å². The van der Waals surface area contributed by atoms with Crippen LogP contribution in [-0.4, -0.2) is 22.2 Å². The van der Waals surface area contributed by atoms with E-state index in [1.165, 1.54) is 22.1 Å². The van der Waals surface area contributed by atoms with Crippen molar-refractivity contribution in [3.05, 3.63) is 54.0 Å². The minimum absolute atomic E-state index is 0.210. The third-order valence-corrected chi connectivity index (χ3v) is 5.75. The first kappa shape index (κ1) is 17.5. The molecule has 0 fully saturated rings. The second-order valence-electron chi connectivity index (χ2n) is 5.78. The molecule has 1 atom stereocenters. The van der Waals surface area contributed by atoms with Crippen molar-refractivity contribution in [2.24, 2.45) is 5.73 Å². The number of fused-ring (bicyclic) bond motifs is 2. The summed E-state index contributed by atoms with van der Waals surface area (Å²) in [6.45, 7) is 5.46. The summed E-state index contributed by atoms with van der Waals surface area (Å²) in [4.78, 5) is 13.1. The van der Waals surface area contributed by atoms with Gasteiger partial charge in [-0.15, -0.1) is 0 Å². The number of carbonyl (C=O) groups is 1. The summed E-state index contributed by atoms with van der Waals surface area (Å²) in [5.74, 6) is -0.210. The SMILES string of the molecule is CCN1Sc2ccc(-c3c[nH]c4cc(F)ccc34)cc2C1C.NC=O. The Morgan fingerprint density at radius 1 is 1.32 bits per heavy atom. The maximum atomic E-state index is 13.3. The molecule has 2 heterocycles. The van der Waals surface area contributed by atoms with E-state index in [1.54, 1.807) is 6.07 Å². The number of benzene rings is 2. The summed E-state index contributed by atoms with van der Waals surface area (Å²) in [5.41, 5.74) is 8.70. The molecule has 0 saturated carbocycles. The molecule has 1 aliphatic heterocycles. The van der Waals surface area contributed by atoms with Gasteiger partial charge in [0.25, 0.3) is 0 Å². The highest BCUT2D eigenvalue weighted by atomic mass is 32.2. The first-order chi connectivity index (χ1) is 12.1. The Morgan fingerprint density at radius 2 is 2.08 bits per heavy atom. The molecule has 0 spiro atoms. The Hall–Kier alpha value is -2.31. The summed E-state index contributed by atoms with van der Waals surface area (Å²) < 4.78 is 15.7. The fourth-order valence-corrected chi connectivity index (χ4v) is 4.28. The van der Waals surface area contributed by atoms with E-state index in [2.05, 4.69) is 47.1 Å². The molecule has 3 aromatic rings. The van der Waals surface area contributed by atoms with E-state index in [0.717, 1.165) is 23.0 Å². The molecular weight excluding hydrogens is 337 g/mol. The lowest BCUT2D eigenvalue weighted by atomic mass is 9.99. The second-order valence-corrected chi connectivity index (χ2v) is 6.87. The van der Waals surface area contributed by atoms with Gasteiger partial charge in [-0.2, -0.15) is 0 Å². The Morgan fingerprint density at radius 3 is 2.80 bits per heavy atom. The molecule has 4 nitrogen and oxygen atoms in total. The summed E-state index contributed by atoms with van der Waals surface area (Å²) in [7, 11) is 0. The van der Waals surface area contributed by atoms with Crippen LogP contribution in [-0.2, 0) is 4.79 Å². The van der Waals surface area contributed by atoms with E-state index < -0.39 is 0 Å². The van der Waals surface area contributed by atoms with Crippen LogP contribution in [0.3, 0.4) is 0 Å². The number of aromatic amines is 1. The Balaban J connectivity index is 0.000000569. The lowest BCUT2D eigenvalue weighted by molar-refractivity contribution is -0.106.